The lowest BCUT2D eigenvalue weighted by Gasteiger charge is -2.36. The number of anilines is 3. The fourth-order valence-electron chi connectivity index (χ4n) is 4.07. The third-order valence-electron chi connectivity index (χ3n) is 5.86. The van der Waals surface area contributed by atoms with Crippen LogP contribution in [0.4, 0.5) is 21.5 Å². The zero-order valence-corrected chi connectivity index (χ0v) is 19.5. The van der Waals surface area contributed by atoms with Crippen molar-refractivity contribution >= 4 is 45.5 Å². The number of hydrogen-bond acceptors (Lipinski definition) is 6. The van der Waals surface area contributed by atoms with Crippen LogP contribution < -0.4 is 20.7 Å². The zero-order valence-electron chi connectivity index (χ0n) is 18.7. The summed E-state index contributed by atoms with van der Waals surface area (Å²) in [5, 5.41) is 3.83. The Morgan fingerprint density at radius 3 is 2.61 bits per heavy atom. The van der Waals surface area contributed by atoms with E-state index in [9.17, 15) is 9.18 Å². The Bertz CT molecular complexity index is 1180. The Labute approximate surface area is 197 Å². The minimum atomic E-state index is -0.627. The van der Waals surface area contributed by atoms with Gasteiger partial charge in [0.2, 0.25) is 0 Å². The number of nitrogens with one attached hydrogen (secondary N) is 1. The third kappa shape index (κ3) is 4.82. The van der Waals surface area contributed by atoms with Gasteiger partial charge in [0.15, 0.2) is 0 Å². The molecule has 1 aliphatic heterocycles. The van der Waals surface area contributed by atoms with E-state index >= 15 is 0 Å². The molecule has 0 spiro atoms. The average Bonchev–Trinajstić information content (AvgIpc) is 2.81. The number of likely N-dealkylation sites (N-methyl/N-ethyl adjacent to an activating group) is 1. The summed E-state index contributed by atoms with van der Waals surface area (Å²) in [4.78, 5) is 21.4. The number of carbonyl (C=O) groups excluding carboxylic acids is 1. The fraction of sp³-hybridized carbons (Fsp3) is 0.333. The number of halogens is 2. The number of ether oxygens (including phenoxy) is 1. The minimum Gasteiger partial charge on any atom is -0.492 e. The summed E-state index contributed by atoms with van der Waals surface area (Å²) in [5.74, 6) is -0.445. The van der Waals surface area contributed by atoms with Crippen LogP contribution in [0.25, 0.3) is 10.9 Å². The van der Waals surface area contributed by atoms with E-state index in [0.717, 1.165) is 38.4 Å². The monoisotopic (exact) mass is 471 g/mol. The van der Waals surface area contributed by atoms with E-state index in [1.54, 1.807) is 6.07 Å². The molecule has 1 aromatic heterocycles. The van der Waals surface area contributed by atoms with Crippen molar-refractivity contribution in [2.45, 2.75) is 13.8 Å². The Balaban J connectivity index is 1.82. The molecule has 174 valence electrons. The lowest BCUT2D eigenvalue weighted by molar-refractivity contribution is 0.100. The first-order chi connectivity index (χ1) is 15.9. The number of piperazine rings is 1. The first kappa shape index (κ1) is 23.1. The molecule has 0 bridgehead atoms. The van der Waals surface area contributed by atoms with Gasteiger partial charge >= 0.3 is 0 Å². The van der Waals surface area contributed by atoms with Gasteiger partial charge in [0.05, 0.1) is 34.1 Å². The molecule has 1 aliphatic rings. The van der Waals surface area contributed by atoms with Crippen LogP contribution in [0.3, 0.4) is 0 Å². The molecular formula is C24H27ClFN5O2. The van der Waals surface area contributed by atoms with Crippen molar-refractivity contribution in [2.24, 2.45) is 5.73 Å². The van der Waals surface area contributed by atoms with Gasteiger partial charge in [0.25, 0.3) is 5.91 Å². The topological polar surface area (TPSA) is 83.7 Å². The lowest BCUT2D eigenvalue weighted by Crippen LogP contribution is -2.46. The van der Waals surface area contributed by atoms with Gasteiger partial charge < -0.3 is 25.6 Å². The quantitative estimate of drug-likeness (QED) is 0.531. The average molecular weight is 472 g/mol. The number of benzene rings is 2. The van der Waals surface area contributed by atoms with Gasteiger partial charge in [0, 0.05) is 43.4 Å². The summed E-state index contributed by atoms with van der Waals surface area (Å²) in [6.45, 7) is 9.35. The first-order valence-corrected chi connectivity index (χ1v) is 11.4. The number of amides is 1. The molecule has 0 unspecified atom stereocenters. The molecule has 33 heavy (non-hydrogen) atoms. The van der Waals surface area contributed by atoms with Crippen molar-refractivity contribution in [2.75, 3.05) is 49.5 Å². The predicted molar refractivity (Wildman–Crippen MR) is 130 cm³/mol. The molecule has 2 aromatic carbocycles. The van der Waals surface area contributed by atoms with Gasteiger partial charge in [-0.05, 0) is 43.8 Å². The highest BCUT2D eigenvalue weighted by Gasteiger charge is 2.22. The van der Waals surface area contributed by atoms with Gasteiger partial charge in [-0.15, -0.1) is 0 Å². The zero-order chi connectivity index (χ0) is 23.5. The van der Waals surface area contributed by atoms with Gasteiger partial charge in [-0.1, -0.05) is 18.5 Å². The number of hydrogen-bond donors (Lipinski definition) is 2. The van der Waals surface area contributed by atoms with Crippen molar-refractivity contribution in [3.63, 3.8) is 0 Å². The lowest BCUT2D eigenvalue weighted by atomic mass is 10.1. The van der Waals surface area contributed by atoms with Crippen LogP contribution in [0.5, 0.6) is 5.75 Å². The smallest absolute Gasteiger partial charge is 0.252 e. The molecule has 3 N–H and O–H groups in total. The van der Waals surface area contributed by atoms with E-state index in [-0.39, 0.29) is 10.6 Å². The molecule has 0 atom stereocenters. The normalized spacial score (nSPS) is 14.5. The van der Waals surface area contributed by atoms with Gasteiger partial charge in [-0.2, -0.15) is 0 Å². The van der Waals surface area contributed by atoms with Crippen molar-refractivity contribution in [3.05, 3.63) is 52.9 Å². The molecule has 0 saturated carbocycles. The number of pyridine rings is 1. The Hall–Kier alpha value is -3.10. The van der Waals surface area contributed by atoms with E-state index in [2.05, 4.69) is 27.0 Å². The van der Waals surface area contributed by atoms with Crippen LogP contribution >= 0.6 is 11.6 Å². The van der Waals surface area contributed by atoms with Crippen LogP contribution in [0.1, 0.15) is 24.2 Å². The van der Waals surface area contributed by atoms with E-state index < -0.39 is 11.7 Å². The molecule has 4 rings (SSSR count). The van der Waals surface area contributed by atoms with Gasteiger partial charge in [-0.3, -0.25) is 9.78 Å². The number of rotatable bonds is 7. The second-order valence-corrected chi connectivity index (χ2v) is 8.26. The maximum atomic E-state index is 13.6. The second kappa shape index (κ2) is 9.80. The molecule has 3 aromatic rings. The van der Waals surface area contributed by atoms with Gasteiger partial charge in [0.1, 0.15) is 11.6 Å². The maximum Gasteiger partial charge on any atom is 0.252 e. The van der Waals surface area contributed by atoms with Crippen LogP contribution in [0, 0.1) is 5.82 Å². The van der Waals surface area contributed by atoms with E-state index in [0.29, 0.717) is 34.6 Å². The highest BCUT2D eigenvalue weighted by molar-refractivity contribution is 6.31. The molecule has 1 amide bonds. The minimum absolute atomic E-state index is 0.0255. The number of nitrogens with zero attached hydrogens (tertiary/aromatic N) is 3. The highest BCUT2D eigenvalue weighted by Crippen LogP contribution is 2.38. The van der Waals surface area contributed by atoms with Crippen molar-refractivity contribution in [1.29, 1.82) is 0 Å². The summed E-state index contributed by atoms with van der Waals surface area (Å²) < 4.78 is 19.6. The van der Waals surface area contributed by atoms with Crippen LogP contribution in [-0.2, 0) is 0 Å². The van der Waals surface area contributed by atoms with E-state index in [4.69, 9.17) is 22.1 Å². The summed E-state index contributed by atoms with van der Waals surface area (Å²) in [7, 11) is 0. The molecule has 1 fully saturated rings. The SMILES string of the molecule is CCOc1cc2c(Nc3ccc(F)c(Cl)c3)c(C(N)=O)cnc2cc1N1CCN(CC)CC1. The molecular weight excluding hydrogens is 445 g/mol. The van der Waals surface area contributed by atoms with Gasteiger partial charge in [-0.25, -0.2) is 4.39 Å². The number of carbonyl (C=O) groups is 1. The Kier molecular flexibility index (Phi) is 6.85. The second-order valence-electron chi connectivity index (χ2n) is 7.86. The van der Waals surface area contributed by atoms with Crippen molar-refractivity contribution < 1.29 is 13.9 Å². The molecule has 0 aliphatic carbocycles. The van der Waals surface area contributed by atoms with Crippen LogP contribution in [-0.4, -0.2) is 55.1 Å². The van der Waals surface area contributed by atoms with Crippen LogP contribution in [0.15, 0.2) is 36.5 Å². The summed E-state index contributed by atoms with van der Waals surface area (Å²) in [6.07, 6.45) is 1.46. The molecule has 0 radical (unpaired) electrons. The van der Waals surface area contributed by atoms with E-state index in [1.807, 2.05) is 19.1 Å². The number of nitrogens with two attached hydrogens (primary N) is 1. The molecule has 7 nitrogen and oxygen atoms in total. The van der Waals surface area contributed by atoms with Crippen molar-refractivity contribution in [1.82, 2.24) is 9.88 Å². The maximum absolute atomic E-state index is 13.6. The summed E-state index contributed by atoms with van der Waals surface area (Å²) >= 11 is 5.95. The molecule has 1 saturated heterocycles. The number of fused-ring (bicyclic) bond motifs is 1. The number of aromatic nitrogens is 1. The largest absolute Gasteiger partial charge is 0.492 e. The summed E-state index contributed by atoms with van der Waals surface area (Å²) in [6, 6.07) is 8.13. The standard InChI is InChI=1S/C24H27ClFN5O2/c1-3-30-7-9-31(10-8-30)21-13-20-16(12-22(21)33-4-2)23(17(14-28-20)24(27)32)29-15-5-6-19(26)18(25)11-15/h5-6,11-14H,3-4,7-10H2,1-2H3,(H2,27,32)(H,28,29). The first-order valence-electron chi connectivity index (χ1n) is 11.0. The molecule has 9 heteroatoms. The Morgan fingerprint density at radius 1 is 1.21 bits per heavy atom. The van der Waals surface area contributed by atoms with E-state index in [1.165, 1.54) is 18.3 Å². The number of primary amides is 1. The highest BCUT2D eigenvalue weighted by atomic mass is 35.5. The third-order valence-corrected chi connectivity index (χ3v) is 6.15. The predicted octanol–water partition coefficient (Wildman–Crippen LogP) is 4.41. The van der Waals surface area contributed by atoms with Crippen LogP contribution in [0.2, 0.25) is 5.02 Å². The molecule has 2 heterocycles. The fourth-order valence-corrected chi connectivity index (χ4v) is 4.25. The van der Waals surface area contributed by atoms with Crippen molar-refractivity contribution in [3.8, 4) is 5.75 Å². The Morgan fingerprint density at radius 2 is 1.97 bits per heavy atom. The summed E-state index contributed by atoms with van der Waals surface area (Å²) in [5.41, 5.74) is 8.50.